The second kappa shape index (κ2) is 7.68. The molecule has 1 fully saturated rings. The molecule has 10 nitrogen and oxygen atoms in total. The number of fused-ring (bicyclic) bond motifs is 1. The average Bonchev–Trinajstić information content (AvgIpc) is 2.57. The highest BCUT2D eigenvalue weighted by Gasteiger charge is 2.40. The predicted molar refractivity (Wildman–Crippen MR) is 87.0 cm³/mol. The van der Waals surface area contributed by atoms with Crippen molar-refractivity contribution in [3.05, 3.63) is 28.4 Å². The van der Waals surface area contributed by atoms with E-state index in [1.54, 1.807) is 0 Å². The Balaban J connectivity index is 0.00000280. The van der Waals surface area contributed by atoms with E-state index >= 15 is 0 Å². The molecule has 154 valence electrons. The summed E-state index contributed by atoms with van der Waals surface area (Å²) in [4.78, 5) is 46.8. The van der Waals surface area contributed by atoms with Crippen LogP contribution >= 0.6 is 7.60 Å². The van der Waals surface area contributed by atoms with Gasteiger partial charge < -0.3 is 24.9 Å². The zero-order valence-electron chi connectivity index (χ0n) is 14.1. The Hall–Kier alpha value is -2.18. The number of anilines is 1. The molecule has 0 saturated carbocycles. The van der Waals surface area contributed by atoms with E-state index in [9.17, 15) is 27.3 Å². The number of morpholine rings is 1. The summed E-state index contributed by atoms with van der Waals surface area (Å²) in [5.41, 5.74) is -1.34. The largest absolute Gasteiger partial charge is 0.480 e. The second-order valence-electron chi connectivity index (χ2n) is 5.91. The first-order valence-electron chi connectivity index (χ1n) is 7.67. The lowest BCUT2D eigenvalue weighted by atomic mass is 10.1. The van der Waals surface area contributed by atoms with Crippen LogP contribution in [0.2, 0.25) is 0 Å². The first-order valence-corrected chi connectivity index (χ1v) is 9.47. The summed E-state index contributed by atoms with van der Waals surface area (Å²) in [6.45, 7) is 0.708. The van der Waals surface area contributed by atoms with Crippen LogP contribution < -0.4 is 20.2 Å². The molecule has 0 radical (unpaired) electrons. The number of hydrogen-bond acceptors (Lipinski definition) is 5. The van der Waals surface area contributed by atoms with Crippen LogP contribution in [0, 0.1) is 0 Å². The summed E-state index contributed by atoms with van der Waals surface area (Å²) in [7, 11) is -4.79. The fourth-order valence-corrected chi connectivity index (χ4v) is 3.52. The molecule has 0 bridgehead atoms. The van der Waals surface area contributed by atoms with Gasteiger partial charge >= 0.3 is 25.6 Å². The van der Waals surface area contributed by atoms with Crippen LogP contribution in [0.15, 0.2) is 17.1 Å². The highest BCUT2D eigenvalue weighted by atomic mass is 31.2. The average molecular weight is 426 g/mol. The molecule has 0 aliphatic carbocycles. The molecule has 1 aromatic rings. The molecule has 2 aliphatic rings. The Kier molecular flexibility index (Phi) is 6.07. The lowest BCUT2D eigenvalue weighted by molar-refractivity contribution is -0.139. The van der Waals surface area contributed by atoms with E-state index in [1.165, 1.54) is 4.90 Å². The summed E-state index contributed by atoms with van der Waals surface area (Å²) < 4.78 is 57.5. The summed E-state index contributed by atoms with van der Waals surface area (Å²) >= 11 is 0. The summed E-state index contributed by atoms with van der Waals surface area (Å²) in [6, 6.07) is 1.59. The predicted octanol–water partition coefficient (Wildman–Crippen LogP) is -1.97. The van der Waals surface area contributed by atoms with Gasteiger partial charge in [-0.15, -0.1) is 4.58 Å². The minimum atomic E-state index is -4.79. The molecule has 1 aromatic carbocycles. The molecule has 3 rings (SSSR count). The third-order valence-corrected chi connectivity index (χ3v) is 4.67. The first kappa shape index (κ1) is 22.1. The summed E-state index contributed by atoms with van der Waals surface area (Å²) in [5, 5.41) is -0.741. The van der Waals surface area contributed by atoms with Crippen molar-refractivity contribution in [1.29, 1.82) is 0 Å². The van der Waals surface area contributed by atoms with Crippen LogP contribution in [0.25, 0.3) is 0 Å². The second-order valence-corrected chi connectivity index (χ2v) is 7.52. The van der Waals surface area contributed by atoms with Crippen molar-refractivity contribution in [1.82, 2.24) is 4.58 Å². The van der Waals surface area contributed by atoms with Crippen LogP contribution in [-0.2, 0) is 25.1 Å². The number of nitrogens with zero attached hydrogens (tertiary/aromatic N) is 3. The SMILES string of the molecule is O.O=C1N=c2cc(C(F)(F)F)c(N3CCOCC3)cc2=[N+](CP(=O)(O)O)C1=O. The number of amides is 2. The van der Waals surface area contributed by atoms with Gasteiger partial charge in [-0.1, -0.05) is 0 Å². The van der Waals surface area contributed by atoms with Crippen molar-refractivity contribution in [2.24, 2.45) is 4.99 Å². The number of rotatable bonds is 3. The van der Waals surface area contributed by atoms with E-state index in [2.05, 4.69) is 4.99 Å². The molecule has 14 heteroatoms. The Morgan fingerprint density at radius 3 is 2.36 bits per heavy atom. The number of benzene rings is 1. The normalized spacial score (nSPS) is 17.8. The molecule has 1 saturated heterocycles. The van der Waals surface area contributed by atoms with Gasteiger partial charge in [0, 0.05) is 19.2 Å². The molecule has 0 unspecified atom stereocenters. The Labute approximate surface area is 155 Å². The molecule has 28 heavy (non-hydrogen) atoms. The summed E-state index contributed by atoms with van der Waals surface area (Å²) in [5.74, 6) is -2.72. The quantitative estimate of drug-likeness (QED) is 0.323. The van der Waals surface area contributed by atoms with Crippen molar-refractivity contribution in [3.8, 4) is 0 Å². The number of hydrogen-bond donors (Lipinski definition) is 2. The van der Waals surface area contributed by atoms with Gasteiger partial charge in [0.1, 0.15) is 5.36 Å². The Bertz CT molecular complexity index is 983. The molecule has 0 spiro atoms. The molecular weight excluding hydrogens is 410 g/mol. The standard InChI is InChI=1S/C14H13F3N3O6P.H2O/c15-14(16,17)8-5-9-11(6-10(8)19-1-3-26-4-2-19)20(7-27(23,24)25)13(22)12(21)18-9;/h5-6H,1-4,7H2,(H-,23,24,25);1H2/p+1. The van der Waals surface area contributed by atoms with Gasteiger partial charge in [0.15, 0.2) is 0 Å². The van der Waals surface area contributed by atoms with Crippen LogP contribution in [0.3, 0.4) is 0 Å². The van der Waals surface area contributed by atoms with Gasteiger partial charge in [-0.05, 0) is 6.07 Å². The van der Waals surface area contributed by atoms with Gasteiger partial charge in [-0.3, -0.25) is 9.36 Å². The van der Waals surface area contributed by atoms with E-state index < -0.39 is 42.8 Å². The maximum Gasteiger partial charge on any atom is 0.480 e. The lowest BCUT2D eigenvalue weighted by Gasteiger charge is -2.30. The van der Waals surface area contributed by atoms with Gasteiger partial charge in [0.2, 0.25) is 5.36 Å². The number of alkyl halides is 3. The zero-order chi connectivity index (χ0) is 20.0. The first-order chi connectivity index (χ1) is 12.5. The molecule has 0 atom stereocenters. The van der Waals surface area contributed by atoms with Gasteiger partial charge in [0.25, 0.3) is 6.29 Å². The fraction of sp³-hybridized carbons (Fsp3) is 0.429. The van der Waals surface area contributed by atoms with Crippen LogP contribution in [0.4, 0.5) is 18.9 Å². The maximum atomic E-state index is 13.5. The number of carbonyl (C=O) groups is 2. The number of carbonyl (C=O) groups excluding carboxylic acids is 2. The number of ether oxygens (including phenoxy) is 1. The summed E-state index contributed by atoms with van der Waals surface area (Å²) in [6.07, 6.45) is -5.91. The van der Waals surface area contributed by atoms with Crippen LogP contribution in [-0.4, -0.2) is 59.7 Å². The third-order valence-electron chi connectivity index (χ3n) is 4.02. The van der Waals surface area contributed by atoms with E-state index in [1.807, 2.05) is 0 Å². The van der Waals surface area contributed by atoms with Gasteiger partial charge in [-0.2, -0.15) is 18.2 Å². The molecule has 2 aliphatic heterocycles. The highest BCUT2D eigenvalue weighted by molar-refractivity contribution is 7.51. The van der Waals surface area contributed by atoms with Gasteiger partial charge in [0.05, 0.1) is 24.5 Å². The minimum Gasteiger partial charge on any atom is -0.412 e. The number of halogens is 3. The van der Waals surface area contributed by atoms with E-state index in [-0.39, 0.29) is 42.8 Å². The van der Waals surface area contributed by atoms with E-state index in [0.717, 1.165) is 6.07 Å². The molecule has 0 aromatic heterocycles. The van der Waals surface area contributed by atoms with Crippen LogP contribution in [0.5, 0.6) is 0 Å². The zero-order valence-corrected chi connectivity index (χ0v) is 15.0. The Morgan fingerprint density at radius 1 is 1.21 bits per heavy atom. The Morgan fingerprint density at radius 2 is 1.82 bits per heavy atom. The molecule has 2 amide bonds. The van der Waals surface area contributed by atoms with Crippen LogP contribution in [0.1, 0.15) is 5.56 Å². The molecular formula is C14H16F3N3O7P+. The smallest absolute Gasteiger partial charge is 0.412 e. The van der Waals surface area contributed by atoms with E-state index in [0.29, 0.717) is 10.6 Å². The topological polar surface area (TPSA) is 151 Å². The third kappa shape index (κ3) is 4.45. The van der Waals surface area contributed by atoms with Crippen molar-refractivity contribution in [2.45, 2.75) is 6.18 Å². The molecule has 2 heterocycles. The monoisotopic (exact) mass is 426 g/mol. The van der Waals surface area contributed by atoms with Crippen molar-refractivity contribution in [3.63, 3.8) is 0 Å². The molecule has 4 N–H and O–H groups in total. The van der Waals surface area contributed by atoms with E-state index in [4.69, 9.17) is 14.5 Å². The lowest BCUT2D eigenvalue weighted by Crippen LogP contribution is -2.52. The van der Waals surface area contributed by atoms with Gasteiger partial charge in [-0.25, -0.2) is 4.79 Å². The van der Waals surface area contributed by atoms with Crippen molar-refractivity contribution in [2.75, 3.05) is 37.5 Å². The maximum absolute atomic E-state index is 13.5. The highest BCUT2D eigenvalue weighted by Crippen LogP contribution is 2.36. The fourth-order valence-electron chi connectivity index (χ4n) is 2.87. The van der Waals surface area contributed by atoms with Crippen molar-refractivity contribution < 1.29 is 47.3 Å². The van der Waals surface area contributed by atoms with Crippen molar-refractivity contribution >= 4 is 25.1 Å². The minimum absolute atomic E-state index is 0.